The molecule has 1 fully saturated rings. The van der Waals surface area contributed by atoms with E-state index >= 15 is 0 Å². The van der Waals surface area contributed by atoms with Crippen molar-refractivity contribution in [1.29, 1.82) is 0 Å². The Balaban J connectivity index is 2.52. The zero-order chi connectivity index (χ0) is 12.4. The number of likely N-dealkylation sites (tertiary alicyclic amines) is 1. The summed E-state index contributed by atoms with van der Waals surface area (Å²) >= 11 is 0. The van der Waals surface area contributed by atoms with Crippen LogP contribution in [0, 0.1) is 5.41 Å². The number of halogens is 3. The minimum Gasteiger partial charge on any atom is -0.445 e. The molecule has 1 rings (SSSR count). The zero-order valence-electron chi connectivity index (χ0n) is 10.1. The fourth-order valence-electron chi connectivity index (χ4n) is 2.38. The number of nitrogens with zero attached hydrogens (tertiary/aromatic N) is 1. The smallest absolute Gasteiger partial charge is 0.445 e. The van der Waals surface area contributed by atoms with Crippen molar-refractivity contribution in [2.75, 3.05) is 19.6 Å². The van der Waals surface area contributed by atoms with Gasteiger partial charge in [-0.25, -0.2) is 0 Å². The Bertz CT molecular complexity index is 258. The third kappa shape index (κ3) is 3.03. The summed E-state index contributed by atoms with van der Waals surface area (Å²) in [4.78, 5) is 1.89. The highest BCUT2D eigenvalue weighted by Gasteiger charge is 2.36. The molecule has 1 nitrogen and oxygen atoms in total. The van der Waals surface area contributed by atoms with Crippen molar-refractivity contribution in [2.24, 2.45) is 5.41 Å². The highest BCUT2D eigenvalue weighted by molar-refractivity contribution is 6.66. The fourth-order valence-corrected chi connectivity index (χ4v) is 2.38. The van der Waals surface area contributed by atoms with E-state index in [-0.39, 0.29) is 12.0 Å². The lowest BCUT2D eigenvalue weighted by atomic mass is 9.80. The Kier molecular flexibility index (Phi) is 4.10. The minimum atomic E-state index is -4.87. The Morgan fingerprint density at radius 1 is 1.31 bits per heavy atom. The van der Waals surface area contributed by atoms with Crippen LogP contribution in [-0.2, 0) is 0 Å². The molecule has 1 saturated heterocycles. The summed E-state index contributed by atoms with van der Waals surface area (Å²) in [6, 6.07) is 0. The second-order valence-electron chi connectivity index (χ2n) is 4.90. The van der Waals surface area contributed by atoms with Crippen molar-refractivity contribution >= 4 is 6.98 Å². The van der Waals surface area contributed by atoms with Crippen LogP contribution in [0.4, 0.5) is 12.9 Å². The van der Waals surface area contributed by atoms with E-state index in [9.17, 15) is 12.9 Å². The van der Waals surface area contributed by atoms with Gasteiger partial charge in [0, 0.05) is 6.54 Å². The molecular formula is C11H20BF3N-. The molecule has 0 amide bonds. The SMILES string of the molecule is C=C(CN1CCC(CC)(CC)C1)[B-](F)(F)F. The van der Waals surface area contributed by atoms with Gasteiger partial charge in [0.2, 0.25) is 0 Å². The summed E-state index contributed by atoms with van der Waals surface area (Å²) in [6.45, 7) is 4.07. The third-order valence-electron chi connectivity index (χ3n) is 3.91. The standard InChI is InChI=1S/C11H20BF3N/c1-4-11(5-2)6-7-16(9-11)8-10(3)12(13,14)15/h3-9H2,1-2H3/q-1. The number of hydrogen-bond acceptors (Lipinski definition) is 1. The van der Waals surface area contributed by atoms with Crippen LogP contribution in [0.2, 0.25) is 0 Å². The summed E-state index contributed by atoms with van der Waals surface area (Å²) in [5.41, 5.74) is -0.332. The van der Waals surface area contributed by atoms with E-state index in [1.165, 1.54) is 0 Å². The maximum atomic E-state index is 12.4. The average Bonchev–Trinajstić information content (AvgIpc) is 2.61. The van der Waals surface area contributed by atoms with Crippen LogP contribution in [0.3, 0.4) is 0 Å². The van der Waals surface area contributed by atoms with Gasteiger partial charge < -0.3 is 17.8 Å². The molecule has 0 unspecified atom stereocenters. The van der Waals surface area contributed by atoms with Gasteiger partial charge >= 0.3 is 6.98 Å². The lowest BCUT2D eigenvalue weighted by Crippen LogP contribution is -2.33. The molecule has 5 heteroatoms. The van der Waals surface area contributed by atoms with Gasteiger partial charge in [-0.05, 0) is 37.8 Å². The molecule has 94 valence electrons. The molecule has 0 atom stereocenters. The van der Waals surface area contributed by atoms with Gasteiger partial charge in [0.05, 0.1) is 0 Å². The van der Waals surface area contributed by atoms with E-state index in [1.54, 1.807) is 0 Å². The van der Waals surface area contributed by atoms with E-state index in [1.807, 2.05) is 4.90 Å². The van der Waals surface area contributed by atoms with Crippen LogP contribution in [0.1, 0.15) is 33.1 Å². The molecule has 0 radical (unpaired) electrons. The van der Waals surface area contributed by atoms with Crippen LogP contribution in [0.15, 0.2) is 12.1 Å². The van der Waals surface area contributed by atoms with Gasteiger partial charge in [0.15, 0.2) is 0 Å². The van der Waals surface area contributed by atoms with Crippen LogP contribution in [-0.4, -0.2) is 31.5 Å². The van der Waals surface area contributed by atoms with Crippen molar-refractivity contribution in [1.82, 2.24) is 4.90 Å². The molecular weight excluding hydrogens is 214 g/mol. The first-order valence-electron chi connectivity index (χ1n) is 5.93. The van der Waals surface area contributed by atoms with E-state index in [2.05, 4.69) is 20.4 Å². The zero-order valence-corrected chi connectivity index (χ0v) is 10.1. The summed E-state index contributed by atoms with van der Waals surface area (Å²) in [6.07, 6.45) is 3.10. The molecule has 0 bridgehead atoms. The summed E-state index contributed by atoms with van der Waals surface area (Å²) < 4.78 is 37.2. The lowest BCUT2D eigenvalue weighted by Gasteiger charge is -2.28. The van der Waals surface area contributed by atoms with E-state index < -0.39 is 12.4 Å². The third-order valence-corrected chi connectivity index (χ3v) is 3.91. The van der Waals surface area contributed by atoms with Gasteiger partial charge in [-0.15, -0.1) is 12.1 Å². The van der Waals surface area contributed by atoms with Crippen molar-refractivity contribution in [3.63, 3.8) is 0 Å². The molecule has 0 N–H and O–H groups in total. The molecule has 0 aromatic rings. The van der Waals surface area contributed by atoms with Crippen molar-refractivity contribution in [3.8, 4) is 0 Å². The van der Waals surface area contributed by atoms with E-state index in [0.717, 1.165) is 32.4 Å². The van der Waals surface area contributed by atoms with Crippen LogP contribution in [0.5, 0.6) is 0 Å². The highest BCUT2D eigenvalue weighted by atomic mass is 19.4. The first-order valence-corrected chi connectivity index (χ1v) is 5.93. The Labute approximate surface area is 95.8 Å². The average molecular weight is 234 g/mol. The second kappa shape index (κ2) is 4.82. The fraction of sp³-hybridized carbons (Fsp3) is 0.818. The first kappa shape index (κ1) is 13.6. The van der Waals surface area contributed by atoms with Gasteiger partial charge in [-0.1, -0.05) is 13.8 Å². The molecule has 0 saturated carbocycles. The summed E-state index contributed by atoms with van der Waals surface area (Å²) in [7, 11) is 0. The van der Waals surface area contributed by atoms with E-state index in [4.69, 9.17) is 0 Å². The normalized spacial score (nSPS) is 21.3. The van der Waals surface area contributed by atoms with Gasteiger partial charge in [0.25, 0.3) is 0 Å². The minimum absolute atomic E-state index is 0.00868. The molecule has 0 aromatic heterocycles. The largest absolute Gasteiger partial charge is 0.506 e. The first-order chi connectivity index (χ1) is 7.33. The maximum Gasteiger partial charge on any atom is 0.506 e. The Hall–Kier alpha value is -0.445. The summed E-state index contributed by atoms with van der Waals surface area (Å²) in [5, 5.41) is 0. The summed E-state index contributed by atoms with van der Waals surface area (Å²) in [5.74, 6) is 0. The Morgan fingerprint density at radius 3 is 2.25 bits per heavy atom. The molecule has 1 heterocycles. The second-order valence-corrected chi connectivity index (χ2v) is 4.90. The molecule has 0 aliphatic carbocycles. The number of hydrogen-bond donors (Lipinski definition) is 0. The van der Waals surface area contributed by atoms with Crippen molar-refractivity contribution in [2.45, 2.75) is 33.1 Å². The van der Waals surface area contributed by atoms with Crippen LogP contribution in [0.25, 0.3) is 0 Å². The molecule has 0 aromatic carbocycles. The van der Waals surface area contributed by atoms with Crippen molar-refractivity contribution in [3.05, 3.63) is 12.1 Å². The highest BCUT2D eigenvalue weighted by Crippen LogP contribution is 2.37. The maximum absolute atomic E-state index is 12.4. The lowest BCUT2D eigenvalue weighted by molar-refractivity contribution is 0.249. The van der Waals surface area contributed by atoms with Crippen LogP contribution < -0.4 is 0 Å². The van der Waals surface area contributed by atoms with Gasteiger partial charge in [-0.3, -0.25) is 0 Å². The molecule has 16 heavy (non-hydrogen) atoms. The molecule has 1 aliphatic heterocycles. The van der Waals surface area contributed by atoms with Crippen molar-refractivity contribution < 1.29 is 12.9 Å². The molecule has 1 aliphatic rings. The number of rotatable bonds is 5. The van der Waals surface area contributed by atoms with E-state index in [0.29, 0.717) is 0 Å². The quantitative estimate of drug-likeness (QED) is 0.658. The predicted molar refractivity (Wildman–Crippen MR) is 62.3 cm³/mol. The predicted octanol–water partition coefficient (Wildman–Crippen LogP) is 3.44. The monoisotopic (exact) mass is 234 g/mol. The topological polar surface area (TPSA) is 3.24 Å². The van der Waals surface area contributed by atoms with Gasteiger partial charge in [0.1, 0.15) is 0 Å². The van der Waals surface area contributed by atoms with Crippen LogP contribution >= 0.6 is 0 Å². The Morgan fingerprint density at radius 2 is 1.88 bits per heavy atom. The van der Waals surface area contributed by atoms with Gasteiger partial charge in [-0.2, -0.15) is 0 Å². The molecule has 0 spiro atoms.